The molecule has 0 aliphatic carbocycles. The second kappa shape index (κ2) is 17.2. The number of hydrogen-bond acceptors (Lipinski definition) is 4. The Morgan fingerprint density at radius 2 is 0.974 bits per heavy atom. The highest BCUT2D eigenvalue weighted by atomic mass is 35.5. The van der Waals surface area contributed by atoms with Gasteiger partial charge in [0.05, 0.1) is 0 Å². The van der Waals surface area contributed by atoms with Gasteiger partial charge in [0, 0.05) is 39.4 Å². The highest BCUT2D eigenvalue weighted by molar-refractivity contribution is 6.31. The third-order valence-electron chi connectivity index (χ3n) is 7.29. The van der Waals surface area contributed by atoms with Crippen molar-refractivity contribution in [1.29, 1.82) is 0 Å². The Balaban J connectivity index is 1.73. The van der Waals surface area contributed by atoms with Crippen LogP contribution in [0, 0.1) is 0 Å². The van der Waals surface area contributed by atoms with Crippen LogP contribution in [0.3, 0.4) is 0 Å². The molecule has 0 atom stereocenters. The average Bonchev–Trinajstić information content (AvgIpc) is 2.93. The summed E-state index contributed by atoms with van der Waals surface area (Å²) < 4.78 is 12.0. The normalized spacial score (nSPS) is 11.3. The summed E-state index contributed by atoms with van der Waals surface area (Å²) in [6.07, 6.45) is 16.7. The van der Waals surface area contributed by atoms with E-state index in [0.29, 0.717) is 40.1 Å². The number of ether oxygens (including phenoxy) is 2. The fourth-order valence-corrected chi connectivity index (χ4v) is 5.25. The molecule has 0 fully saturated rings. The van der Waals surface area contributed by atoms with Crippen LogP contribution in [-0.2, 0) is 9.59 Å². The molecule has 0 spiro atoms. The minimum absolute atomic E-state index is 0.242. The van der Waals surface area contributed by atoms with Gasteiger partial charge in [0.2, 0.25) is 0 Å². The zero-order valence-electron chi connectivity index (χ0n) is 23.9. The van der Waals surface area contributed by atoms with E-state index in [0.717, 1.165) is 49.3 Å². The summed E-state index contributed by atoms with van der Waals surface area (Å²) in [6, 6.07) is 13.0. The number of fused-ring (bicyclic) bond motifs is 2. The van der Waals surface area contributed by atoms with Gasteiger partial charge in [-0.25, -0.2) is 0 Å². The van der Waals surface area contributed by atoms with Crippen molar-refractivity contribution in [2.24, 2.45) is 0 Å². The first-order valence-corrected chi connectivity index (χ1v) is 15.5. The molecular formula is C34H45ClO4. The van der Waals surface area contributed by atoms with Crippen molar-refractivity contribution in [3.05, 3.63) is 47.5 Å². The largest absolute Gasteiger partial charge is 0.425 e. The van der Waals surface area contributed by atoms with Crippen LogP contribution < -0.4 is 9.47 Å². The fourth-order valence-electron chi connectivity index (χ4n) is 5.07. The van der Waals surface area contributed by atoms with E-state index in [1.54, 1.807) is 12.1 Å². The summed E-state index contributed by atoms with van der Waals surface area (Å²) >= 11 is 6.37. The van der Waals surface area contributed by atoms with E-state index < -0.39 is 0 Å². The molecule has 5 heteroatoms. The van der Waals surface area contributed by atoms with Crippen LogP contribution in [0.4, 0.5) is 0 Å². The molecule has 0 amide bonds. The average molecular weight is 553 g/mol. The molecule has 0 saturated carbocycles. The van der Waals surface area contributed by atoms with Crippen molar-refractivity contribution in [3.63, 3.8) is 0 Å². The van der Waals surface area contributed by atoms with Crippen molar-refractivity contribution < 1.29 is 19.1 Å². The van der Waals surface area contributed by atoms with Gasteiger partial charge >= 0.3 is 11.9 Å². The monoisotopic (exact) mass is 552 g/mol. The maximum absolute atomic E-state index is 12.9. The van der Waals surface area contributed by atoms with E-state index in [9.17, 15) is 9.59 Å². The van der Waals surface area contributed by atoms with Crippen LogP contribution in [0.2, 0.25) is 5.02 Å². The number of unbranched alkanes of at least 4 members (excludes halogenated alkanes) is 12. The summed E-state index contributed by atoms with van der Waals surface area (Å²) in [5, 5.41) is 3.40. The molecule has 0 aliphatic heterocycles. The zero-order valence-corrected chi connectivity index (χ0v) is 24.6. The summed E-state index contributed by atoms with van der Waals surface area (Å²) in [5.41, 5.74) is 0. The Morgan fingerprint density at radius 1 is 0.564 bits per heavy atom. The van der Waals surface area contributed by atoms with Crippen molar-refractivity contribution >= 4 is 45.1 Å². The smallest absolute Gasteiger partial charge is 0.311 e. The zero-order chi connectivity index (χ0) is 27.9. The lowest BCUT2D eigenvalue weighted by atomic mass is 10.0. The summed E-state index contributed by atoms with van der Waals surface area (Å²) in [5.74, 6) is 0.479. The third-order valence-corrected chi connectivity index (χ3v) is 7.52. The molecule has 4 nitrogen and oxygen atoms in total. The van der Waals surface area contributed by atoms with Gasteiger partial charge < -0.3 is 9.47 Å². The predicted molar refractivity (Wildman–Crippen MR) is 163 cm³/mol. The molecule has 3 rings (SSSR count). The summed E-state index contributed by atoms with van der Waals surface area (Å²) in [7, 11) is 0. The number of carbonyl (C=O) groups excluding carboxylic acids is 2. The van der Waals surface area contributed by atoms with Gasteiger partial charge in [0.25, 0.3) is 0 Å². The van der Waals surface area contributed by atoms with Crippen LogP contribution in [0.25, 0.3) is 21.5 Å². The molecule has 0 radical (unpaired) electrons. The Labute approximate surface area is 239 Å². The van der Waals surface area contributed by atoms with Gasteiger partial charge in [-0.1, -0.05) is 127 Å². The molecule has 0 bridgehead atoms. The number of esters is 2. The Morgan fingerprint density at radius 3 is 1.46 bits per heavy atom. The van der Waals surface area contributed by atoms with E-state index in [-0.39, 0.29) is 11.9 Å². The van der Waals surface area contributed by atoms with E-state index in [1.165, 1.54) is 51.4 Å². The van der Waals surface area contributed by atoms with E-state index in [1.807, 2.05) is 30.3 Å². The van der Waals surface area contributed by atoms with E-state index in [2.05, 4.69) is 13.8 Å². The van der Waals surface area contributed by atoms with Crippen LogP contribution in [0.15, 0.2) is 42.5 Å². The molecule has 39 heavy (non-hydrogen) atoms. The third kappa shape index (κ3) is 9.83. The molecule has 0 aliphatic rings. The van der Waals surface area contributed by atoms with E-state index in [4.69, 9.17) is 21.1 Å². The number of rotatable bonds is 18. The quantitative estimate of drug-likeness (QED) is 0.0681. The molecule has 3 aromatic rings. The molecule has 0 unspecified atom stereocenters. The number of hydrogen-bond donors (Lipinski definition) is 0. The van der Waals surface area contributed by atoms with Crippen LogP contribution in [0.1, 0.15) is 117 Å². The minimum Gasteiger partial charge on any atom is -0.425 e. The summed E-state index contributed by atoms with van der Waals surface area (Å²) in [6.45, 7) is 4.43. The van der Waals surface area contributed by atoms with Gasteiger partial charge in [-0.2, -0.15) is 0 Å². The van der Waals surface area contributed by atoms with Gasteiger partial charge in [-0.05, 0) is 31.0 Å². The summed E-state index contributed by atoms with van der Waals surface area (Å²) in [4.78, 5) is 25.7. The van der Waals surface area contributed by atoms with Crippen LogP contribution >= 0.6 is 11.6 Å². The lowest BCUT2D eigenvalue weighted by Gasteiger charge is -2.17. The second-order valence-corrected chi connectivity index (χ2v) is 11.0. The van der Waals surface area contributed by atoms with Gasteiger partial charge in [-0.3, -0.25) is 9.59 Å². The van der Waals surface area contributed by atoms with Crippen molar-refractivity contribution in [1.82, 2.24) is 0 Å². The molecule has 3 aromatic carbocycles. The molecule has 0 saturated heterocycles. The predicted octanol–water partition coefficient (Wildman–Crippen LogP) is 10.7. The highest BCUT2D eigenvalue weighted by Gasteiger charge is 2.20. The maximum atomic E-state index is 12.9. The first kappa shape index (κ1) is 30.9. The lowest BCUT2D eigenvalue weighted by Crippen LogP contribution is -2.10. The van der Waals surface area contributed by atoms with Crippen molar-refractivity contribution in [3.8, 4) is 11.5 Å². The lowest BCUT2D eigenvalue weighted by molar-refractivity contribution is -0.135. The molecule has 0 N–H and O–H groups in total. The highest BCUT2D eigenvalue weighted by Crippen LogP contribution is 2.44. The van der Waals surface area contributed by atoms with Gasteiger partial charge in [-0.15, -0.1) is 0 Å². The van der Waals surface area contributed by atoms with Crippen LogP contribution in [0.5, 0.6) is 11.5 Å². The Hall–Kier alpha value is -2.59. The van der Waals surface area contributed by atoms with Crippen molar-refractivity contribution in [2.45, 2.75) is 117 Å². The molecule has 0 heterocycles. The van der Waals surface area contributed by atoms with Gasteiger partial charge in [0.15, 0.2) is 0 Å². The van der Waals surface area contributed by atoms with E-state index >= 15 is 0 Å². The number of carbonyl (C=O) groups is 2. The van der Waals surface area contributed by atoms with Crippen LogP contribution in [-0.4, -0.2) is 11.9 Å². The number of halogens is 1. The molecule has 212 valence electrons. The molecular weight excluding hydrogens is 508 g/mol. The SMILES string of the molecule is CCCCCCCCCC(=O)Oc1c2ccccc2c(OC(=O)CCCCCCCCC)c2cc(Cl)ccc12. The minimum atomic E-state index is -0.251. The van der Waals surface area contributed by atoms with Gasteiger partial charge in [0.1, 0.15) is 11.5 Å². The first-order chi connectivity index (χ1) is 19.0. The fraction of sp³-hybridized carbons (Fsp3) is 0.529. The van der Waals surface area contributed by atoms with Crippen molar-refractivity contribution in [2.75, 3.05) is 0 Å². The Kier molecular flexibility index (Phi) is 13.6. The molecule has 0 aromatic heterocycles. The second-order valence-electron chi connectivity index (χ2n) is 10.6. The first-order valence-electron chi connectivity index (χ1n) is 15.1. The maximum Gasteiger partial charge on any atom is 0.311 e. The standard InChI is InChI=1S/C34H45ClO4/c1-3-5-7-9-11-13-15-21-31(36)38-33-27-19-17-18-20-28(27)34(30-25-26(35)23-24-29(30)33)39-32(37)22-16-14-12-10-8-6-4-2/h17-20,23-25H,3-16,21-22H2,1-2H3. The topological polar surface area (TPSA) is 52.6 Å². The Bertz CT molecular complexity index is 1200. The number of benzene rings is 3.